The minimum atomic E-state index is 0.107. The number of aromatic nitrogens is 2. The first kappa shape index (κ1) is 19.9. The lowest BCUT2D eigenvalue weighted by molar-refractivity contribution is 0.0673. The van der Waals surface area contributed by atoms with Gasteiger partial charge in [0, 0.05) is 54.2 Å². The van der Waals surface area contributed by atoms with Gasteiger partial charge in [-0.15, -0.1) is 0 Å². The lowest BCUT2D eigenvalue weighted by atomic mass is 10.1. The molecular weight excluding hydrogens is 404 g/mol. The molecule has 150 valence electrons. The van der Waals surface area contributed by atoms with Gasteiger partial charge in [-0.05, 0) is 43.2 Å². The molecule has 5 nitrogen and oxygen atoms in total. The molecule has 4 rings (SSSR count). The summed E-state index contributed by atoms with van der Waals surface area (Å²) in [5.41, 5.74) is 2.94. The summed E-state index contributed by atoms with van der Waals surface area (Å²) in [5.74, 6) is 0.925. The van der Waals surface area contributed by atoms with Crippen molar-refractivity contribution in [3.63, 3.8) is 0 Å². The van der Waals surface area contributed by atoms with E-state index in [2.05, 4.69) is 16.2 Å². The molecule has 1 saturated heterocycles. The van der Waals surface area contributed by atoms with Crippen molar-refractivity contribution in [3.8, 4) is 0 Å². The van der Waals surface area contributed by atoms with E-state index < -0.39 is 0 Å². The number of hydrogen-bond acceptors (Lipinski definition) is 5. The molecule has 7 heteroatoms. The Balaban J connectivity index is 1.41. The van der Waals surface area contributed by atoms with E-state index >= 15 is 0 Å². The predicted molar refractivity (Wildman–Crippen MR) is 118 cm³/mol. The Labute approximate surface area is 180 Å². The standard InChI is InChI=1S/C22H23ClN4OS/c1-15-5-3-4-6-19(15)21(28)27-12-11-26(14-16(27)2)22-24-20(25-29-22)13-17-7-9-18(23)10-8-17/h3-10,16H,11-14H2,1-2H3. The van der Waals surface area contributed by atoms with Crippen molar-refractivity contribution in [2.75, 3.05) is 24.5 Å². The van der Waals surface area contributed by atoms with Gasteiger partial charge in [-0.25, -0.2) is 4.98 Å². The van der Waals surface area contributed by atoms with E-state index in [9.17, 15) is 4.79 Å². The minimum Gasteiger partial charge on any atom is -0.343 e. The average molecular weight is 427 g/mol. The molecule has 29 heavy (non-hydrogen) atoms. The smallest absolute Gasteiger partial charge is 0.254 e. The van der Waals surface area contributed by atoms with E-state index in [-0.39, 0.29) is 11.9 Å². The first-order valence-corrected chi connectivity index (χ1v) is 10.8. The van der Waals surface area contributed by atoms with Crippen LogP contribution in [0.2, 0.25) is 5.02 Å². The largest absolute Gasteiger partial charge is 0.343 e. The second kappa shape index (κ2) is 8.51. The van der Waals surface area contributed by atoms with Crippen molar-refractivity contribution in [1.29, 1.82) is 0 Å². The number of anilines is 1. The molecule has 1 atom stereocenters. The van der Waals surface area contributed by atoms with E-state index in [1.807, 2.05) is 60.4 Å². The lowest BCUT2D eigenvalue weighted by Crippen LogP contribution is -2.54. The second-order valence-corrected chi connectivity index (χ2v) is 8.57. The van der Waals surface area contributed by atoms with Crippen molar-refractivity contribution in [2.24, 2.45) is 0 Å². The van der Waals surface area contributed by atoms with Crippen molar-refractivity contribution in [3.05, 3.63) is 76.1 Å². The third-order valence-electron chi connectivity index (χ3n) is 5.27. The Kier molecular flexibility index (Phi) is 5.83. The topological polar surface area (TPSA) is 49.3 Å². The third kappa shape index (κ3) is 4.43. The summed E-state index contributed by atoms with van der Waals surface area (Å²) in [4.78, 5) is 21.9. The zero-order valence-electron chi connectivity index (χ0n) is 16.5. The molecule has 0 radical (unpaired) electrons. The zero-order valence-corrected chi connectivity index (χ0v) is 18.1. The maximum atomic E-state index is 13.0. The SMILES string of the molecule is Cc1ccccc1C(=O)N1CCN(c2nc(Cc3ccc(Cl)cc3)ns2)CC1C. The molecule has 1 aliphatic heterocycles. The summed E-state index contributed by atoms with van der Waals surface area (Å²) in [6.45, 7) is 6.28. The highest BCUT2D eigenvalue weighted by Crippen LogP contribution is 2.24. The van der Waals surface area contributed by atoms with Crippen LogP contribution in [0, 0.1) is 6.92 Å². The molecule has 0 spiro atoms. The van der Waals surface area contributed by atoms with Gasteiger partial charge in [0.2, 0.25) is 5.13 Å². The summed E-state index contributed by atoms with van der Waals surface area (Å²) in [7, 11) is 0. The monoisotopic (exact) mass is 426 g/mol. The highest BCUT2D eigenvalue weighted by Gasteiger charge is 2.30. The van der Waals surface area contributed by atoms with Gasteiger partial charge in [0.25, 0.3) is 5.91 Å². The fourth-order valence-electron chi connectivity index (χ4n) is 3.63. The highest BCUT2D eigenvalue weighted by atomic mass is 35.5. The molecule has 2 heterocycles. The molecule has 0 saturated carbocycles. The molecule has 2 aromatic carbocycles. The van der Waals surface area contributed by atoms with Gasteiger partial charge >= 0.3 is 0 Å². The number of benzene rings is 2. The number of aryl methyl sites for hydroxylation is 1. The number of halogens is 1. The van der Waals surface area contributed by atoms with Crippen LogP contribution < -0.4 is 4.90 Å². The van der Waals surface area contributed by atoms with Gasteiger partial charge < -0.3 is 9.80 Å². The fourth-order valence-corrected chi connectivity index (χ4v) is 4.48. The number of carbonyl (C=O) groups is 1. The molecule has 0 aliphatic carbocycles. The van der Waals surface area contributed by atoms with Gasteiger partial charge in [-0.1, -0.05) is 41.9 Å². The molecule has 1 fully saturated rings. The summed E-state index contributed by atoms with van der Waals surface area (Å²) < 4.78 is 4.52. The van der Waals surface area contributed by atoms with Gasteiger partial charge in [-0.2, -0.15) is 4.37 Å². The van der Waals surface area contributed by atoms with Crippen molar-refractivity contribution >= 4 is 34.2 Å². The number of piperazine rings is 1. The maximum absolute atomic E-state index is 13.0. The van der Waals surface area contributed by atoms with Crippen LogP contribution in [-0.2, 0) is 6.42 Å². The van der Waals surface area contributed by atoms with E-state index in [1.54, 1.807) is 0 Å². The van der Waals surface area contributed by atoms with Crippen LogP contribution in [-0.4, -0.2) is 45.8 Å². The van der Waals surface area contributed by atoms with Gasteiger partial charge in [0.1, 0.15) is 5.82 Å². The lowest BCUT2D eigenvalue weighted by Gasteiger charge is -2.39. The van der Waals surface area contributed by atoms with Crippen LogP contribution in [0.1, 0.15) is 34.2 Å². The normalized spacial score (nSPS) is 16.9. The van der Waals surface area contributed by atoms with Crippen molar-refractivity contribution in [2.45, 2.75) is 26.3 Å². The number of rotatable bonds is 4. The molecule has 1 aliphatic rings. The fraction of sp³-hybridized carbons (Fsp3) is 0.318. The van der Waals surface area contributed by atoms with E-state index in [0.717, 1.165) is 45.8 Å². The number of carbonyl (C=O) groups excluding carboxylic acids is 1. The molecular formula is C22H23ClN4OS. The van der Waals surface area contributed by atoms with Crippen LogP contribution in [0.3, 0.4) is 0 Å². The predicted octanol–water partition coefficient (Wildman–Crippen LogP) is 4.44. The van der Waals surface area contributed by atoms with Crippen molar-refractivity contribution < 1.29 is 4.79 Å². The molecule has 1 aromatic heterocycles. The quantitative estimate of drug-likeness (QED) is 0.618. The Morgan fingerprint density at radius 1 is 1.17 bits per heavy atom. The summed E-state index contributed by atoms with van der Waals surface area (Å²) in [6, 6.07) is 15.7. The maximum Gasteiger partial charge on any atom is 0.254 e. The highest BCUT2D eigenvalue weighted by molar-refractivity contribution is 7.09. The number of amides is 1. The van der Waals surface area contributed by atoms with E-state index in [1.165, 1.54) is 11.5 Å². The Morgan fingerprint density at radius 2 is 1.93 bits per heavy atom. The Morgan fingerprint density at radius 3 is 2.66 bits per heavy atom. The van der Waals surface area contributed by atoms with E-state index in [0.29, 0.717) is 13.0 Å². The van der Waals surface area contributed by atoms with Crippen LogP contribution >= 0.6 is 23.1 Å². The van der Waals surface area contributed by atoms with Crippen LogP contribution in [0.4, 0.5) is 5.13 Å². The first-order valence-electron chi connectivity index (χ1n) is 9.70. The minimum absolute atomic E-state index is 0.107. The molecule has 1 unspecified atom stereocenters. The van der Waals surface area contributed by atoms with Gasteiger partial charge in [0.15, 0.2) is 0 Å². The van der Waals surface area contributed by atoms with E-state index in [4.69, 9.17) is 16.6 Å². The average Bonchev–Trinajstić information content (AvgIpc) is 3.18. The van der Waals surface area contributed by atoms with Crippen LogP contribution in [0.15, 0.2) is 48.5 Å². The molecule has 3 aromatic rings. The Hall–Kier alpha value is -2.44. The second-order valence-electron chi connectivity index (χ2n) is 7.40. The Bertz CT molecular complexity index is 1000. The molecule has 0 N–H and O–H groups in total. The number of hydrogen-bond donors (Lipinski definition) is 0. The third-order valence-corrected chi connectivity index (χ3v) is 6.33. The summed E-state index contributed by atoms with van der Waals surface area (Å²) in [5, 5.41) is 1.65. The van der Waals surface area contributed by atoms with Crippen molar-refractivity contribution in [1.82, 2.24) is 14.3 Å². The molecule has 0 bridgehead atoms. The van der Waals surface area contributed by atoms with Crippen LogP contribution in [0.25, 0.3) is 0 Å². The van der Waals surface area contributed by atoms with Crippen LogP contribution in [0.5, 0.6) is 0 Å². The van der Waals surface area contributed by atoms with Gasteiger partial charge in [-0.3, -0.25) is 4.79 Å². The molecule has 1 amide bonds. The number of nitrogens with zero attached hydrogens (tertiary/aromatic N) is 4. The zero-order chi connectivity index (χ0) is 20.4. The summed E-state index contributed by atoms with van der Waals surface area (Å²) in [6.07, 6.45) is 0.689. The summed E-state index contributed by atoms with van der Waals surface area (Å²) >= 11 is 7.38. The first-order chi connectivity index (χ1) is 14.0. The van der Waals surface area contributed by atoms with Gasteiger partial charge in [0.05, 0.1) is 0 Å².